The molecule has 2 aromatic rings. The molecule has 1 aliphatic rings. The maximum Gasteiger partial charge on any atom is 0.0594 e. The van der Waals surface area contributed by atoms with Gasteiger partial charge in [-0.25, -0.2) is 0 Å². The molecule has 0 radical (unpaired) electrons. The van der Waals surface area contributed by atoms with Gasteiger partial charge in [0.1, 0.15) is 0 Å². The standard InChI is InChI=1S/C19H21NO/c1-3-7-17(8-4-1)19(18-9-5-2-6-10-18)11-12-20-13-15-21-16-14-20/h1-11H,12-16H2. The average molecular weight is 279 g/mol. The Morgan fingerprint density at radius 2 is 1.38 bits per heavy atom. The molecule has 0 atom stereocenters. The highest BCUT2D eigenvalue weighted by molar-refractivity contribution is 5.79. The third kappa shape index (κ3) is 3.81. The summed E-state index contributed by atoms with van der Waals surface area (Å²) >= 11 is 0. The van der Waals surface area contributed by atoms with Crippen LogP contribution in [-0.2, 0) is 4.74 Å². The Bertz CT molecular complexity index is 530. The molecule has 1 saturated heterocycles. The van der Waals surface area contributed by atoms with E-state index in [9.17, 15) is 0 Å². The molecular weight excluding hydrogens is 258 g/mol. The highest BCUT2D eigenvalue weighted by atomic mass is 16.5. The largest absolute Gasteiger partial charge is 0.379 e. The molecule has 21 heavy (non-hydrogen) atoms. The van der Waals surface area contributed by atoms with Gasteiger partial charge in [0.15, 0.2) is 0 Å². The third-order valence-corrected chi connectivity index (χ3v) is 3.83. The molecule has 1 fully saturated rings. The zero-order valence-corrected chi connectivity index (χ0v) is 12.2. The second-order valence-corrected chi connectivity index (χ2v) is 5.26. The van der Waals surface area contributed by atoms with Crippen LogP contribution in [0.25, 0.3) is 5.57 Å². The van der Waals surface area contributed by atoms with Crippen LogP contribution in [-0.4, -0.2) is 37.7 Å². The van der Waals surface area contributed by atoms with Gasteiger partial charge in [0.05, 0.1) is 13.2 Å². The predicted octanol–water partition coefficient (Wildman–Crippen LogP) is 3.45. The molecule has 0 N–H and O–H groups in total. The van der Waals surface area contributed by atoms with Crippen molar-refractivity contribution in [2.24, 2.45) is 0 Å². The van der Waals surface area contributed by atoms with Gasteiger partial charge in [0.25, 0.3) is 0 Å². The minimum Gasteiger partial charge on any atom is -0.379 e. The summed E-state index contributed by atoms with van der Waals surface area (Å²) in [6.45, 7) is 4.71. The highest BCUT2D eigenvalue weighted by Gasteiger charge is 2.10. The van der Waals surface area contributed by atoms with Crippen molar-refractivity contribution in [2.75, 3.05) is 32.8 Å². The van der Waals surface area contributed by atoms with Gasteiger partial charge >= 0.3 is 0 Å². The molecule has 3 rings (SSSR count). The second-order valence-electron chi connectivity index (χ2n) is 5.26. The van der Waals surface area contributed by atoms with Gasteiger partial charge < -0.3 is 4.74 Å². The van der Waals surface area contributed by atoms with E-state index in [0.717, 1.165) is 32.8 Å². The fourth-order valence-electron chi connectivity index (χ4n) is 2.64. The van der Waals surface area contributed by atoms with Crippen molar-refractivity contribution < 1.29 is 4.74 Å². The summed E-state index contributed by atoms with van der Waals surface area (Å²) in [5.41, 5.74) is 3.86. The Hall–Kier alpha value is -1.90. The molecular formula is C19H21NO. The summed E-state index contributed by atoms with van der Waals surface area (Å²) in [5.74, 6) is 0. The lowest BCUT2D eigenvalue weighted by Gasteiger charge is -2.25. The maximum atomic E-state index is 5.41. The summed E-state index contributed by atoms with van der Waals surface area (Å²) in [6, 6.07) is 21.2. The van der Waals surface area contributed by atoms with Crippen molar-refractivity contribution in [2.45, 2.75) is 0 Å². The van der Waals surface area contributed by atoms with E-state index in [1.165, 1.54) is 16.7 Å². The normalized spacial score (nSPS) is 15.6. The molecule has 0 bridgehead atoms. The van der Waals surface area contributed by atoms with E-state index in [2.05, 4.69) is 71.6 Å². The van der Waals surface area contributed by atoms with Crippen molar-refractivity contribution in [3.05, 3.63) is 77.9 Å². The van der Waals surface area contributed by atoms with Crippen molar-refractivity contribution in [1.29, 1.82) is 0 Å². The first-order chi connectivity index (χ1) is 10.4. The van der Waals surface area contributed by atoms with Crippen LogP contribution in [0.2, 0.25) is 0 Å². The highest BCUT2D eigenvalue weighted by Crippen LogP contribution is 2.23. The number of rotatable bonds is 4. The van der Waals surface area contributed by atoms with E-state index in [1.807, 2.05) is 0 Å². The Kier molecular flexibility index (Phi) is 4.82. The van der Waals surface area contributed by atoms with Crippen molar-refractivity contribution in [1.82, 2.24) is 4.90 Å². The van der Waals surface area contributed by atoms with Gasteiger partial charge in [-0.05, 0) is 16.7 Å². The number of hydrogen-bond donors (Lipinski definition) is 0. The van der Waals surface area contributed by atoms with Crippen LogP contribution < -0.4 is 0 Å². The topological polar surface area (TPSA) is 12.5 Å². The number of ether oxygens (including phenoxy) is 1. The van der Waals surface area contributed by atoms with Crippen LogP contribution in [0.4, 0.5) is 0 Å². The van der Waals surface area contributed by atoms with Gasteiger partial charge in [0.2, 0.25) is 0 Å². The fourth-order valence-corrected chi connectivity index (χ4v) is 2.64. The van der Waals surface area contributed by atoms with Gasteiger partial charge in [-0.1, -0.05) is 66.7 Å². The van der Waals surface area contributed by atoms with E-state index >= 15 is 0 Å². The van der Waals surface area contributed by atoms with Crippen LogP contribution in [0.5, 0.6) is 0 Å². The summed E-state index contributed by atoms with van der Waals surface area (Å²) in [6.07, 6.45) is 2.34. The van der Waals surface area contributed by atoms with Crippen LogP contribution >= 0.6 is 0 Å². The van der Waals surface area contributed by atoms with Gasteiger partial charge in [-0.15, -0.1) is 0 Å². The lowest BCUT2D eigenvalue weighted by Crippen LogP contribution is -2.36. The van der Waals surface area contributed by atoms with Crippen molar-refractivity contribution in [3.8, 4) is 0 Å². The summed E-state index contributed by atoms with van der Waals surface area (Å²) in [5, 5.41) is 0. The Balaban J connectivity index is 1.85. The fraction of sp³-hybridized carbons (Fsp3) is 0.263. The number of benzene rings is 2. The van der Waals surface area contributed by atoms with Crippen LogP contribution in [0, 0.1) is 0 Å². The third-order valence-electron chi connectivity index (χ3n) is 3.83. The Labute approximate surface area is 126 Å². The lowest BCUT2D eigenvalue weighted by molar-refractivity contribution is 0.0435. The van der Waals surface area contributed by atoms with Gasteiger partial charge in [0, 0.05) is 19.6 Å². The summed E-state index contributed by atoms with van der Waals surface area (Å²) in [7, 11) is 0. The van der Waals surface area contributed by atoms with Crippen molar-refractivity contribution >= 4 is 5.57 Å². The smallest absolute Gasteiger partial charge is 0.0594 e. The molecule has 1 aliphatic heterocycles. The zero-order valence-electron chi connectivity index (χ0n) is 12.2. The quantitative estimate of drug-likeness (QED) is 0.850. The van der Waals surface area contributed by atoms with Crippen molar-refractivity contribution in [3.63, 3.8) is 0 Å². The van der Waals surface area contributed by atoms with Crippen LogP contribution in [0.1, 0.15) is 11.1 Å². The van der Waals surface area contributed by atoms with E-state index in [1.54, 1.807) is 0 Å². The average Bonchev–Trinajstić information content (AvgIpc) is 2.58. The predicted molar refractivity (Wildman–Crippen MR) is 87.2 cm³/mol. The molecule has 2 heteroatoms. The molecule has 0 spiro atoms. The molecule has 108 valence electrons. The first kappa shape index (κ1) is 14.1. The first-order valence-electron chi connectivity index (χ1n) is 7.54. The second kappa shape index (κ2) is 7.21. The maximum absolute atomic E-state index is 5.41. The molecule has 1 heterocycles. The molecule has 0 saturated carbocycles. The van der Waals surface area contributed by atoms with E-state index in [4.69, 9.17) is 4.74 Å². The zero-order chi connectivity index (χ0) is 14.3. The molecule has 2 aromatic carbocycles. The van der Waals surface area contributed by atoms with Gasteiger partial charge in [-0.2, -0.15) is 0 Å². The molecule has 0 aliphatic carbocycles. The number of morpholine rings is 1. The van der Waals surface area contributed by atoms with Gasteiger partial charge in [-0.3, -0.25) is 4.90 Å². The summed E-state index contributed by atoms with van der Waals surface area (Å²) in [4.78, 5) is 2.44. The SMILES string of the molecule is C(CN1CCOCC1)=C(c1ccccc1)c1ccccc1. The molecule has 0 aromatic heterocycles. The molecule has 2 nitrogen and oxygen atoms in total. The minimum absolute atomic E-state index is 0.847. The van der Waals surface area contributed by atoms with E-state index in [0.29, 0.717) is 0 Å². The molecule has 0 amide bonds. The Morgan fingerprint density at radius 1 is 0.857 bits per heavy atom. The van der Waals surface area contributed by atoms with Crippen LogP contribution in [0.15, 0.2) is 66.7 Å². The van der Waals surface area contributed by atoms with E-state index in [-0.39, 0.29) is 0 Å². The lowest BCUT2D eigenvalue weighted by atomic mass is 9.97. The summed E-state index contributed by atoms with van der Waals surface area (Å²) < 4.78 is 5.41. The van der Waals surface area contributed by atoms with Crippen LogP contribution in [0.3, 0.4) is 0 Å². The Morgan fingerprint density at radius 3 is 1.90 bits per heavy atom. The molecule has 0 unspecified atom stereocenters. The van der Waals surface area contributed by atoms with E-state index < -0.39 is 0 Å². The minimum atomic E-state index is 0.847. The number of hydrogen-bond acceptors (Lipinski definition) is 2. The number of nitrogens with zero attached hydrogens (tertiary/aromatic N) is 1. The first-order valence-corrected chi connectivity index (χ1v) is 7.54. The monoisotopic (exact) mass is 279 g/mol.